The van der Waals surface area contributed by atoms with E-state index in [0.29, 0.717) is 0 Å². The summed E-state index contributed by atoms with van der Waals surface area (Å²) in [5.74, 6) is 2.52. The minimum Gasteiger partial charge on any atom is -0.253 e. The SMILES string of the molecule is CC(C)[C@H]1CCC[C@@H]1Cn1cncn1. The fraction of sp³-hybridized carbons (Fsp3) is 0.818. The molecular formula is C11H19N3. The van der Waals surface area contributed by atoms with Crippen molar-refractivity contribution in [3.8, 4) is 0 Å². The maximum Gasteiger partial charge on any atom is 0.137 e. The minimum absolute atomic E-state index is 0.811. The van der Waals surface area contributed by atoms with Crippen LogP contribution in [0, 0.1) is 17.8 Å². The summed E-state index contributed by atoms with van der Waals surface area (Å²) in [6.45, 7) is 5.73. The first-order valence-corrected chi connectivity index (χ1v) is 5.60. The average Bonchev–Trinajstić information content (AvgIpc) is 2.75. The predicted molar refractivity (Wildman–Crippen MR) is 55.7 cm³/mol. The van der Waals surface area contributed by atoms with Crippen LogP contribution < -0.4 is 0 Å². The summed E-state index contributed by atoms with van der Waals surface area (Å²) in [5.41, 5.74) is 0. The lowest BCUT2D eigenvalue weighted by atomic mass is 9.86. The van der Waals surface area contributed by atoms with Gasteiger partial charge in [-0.15, -0.1) is 0 Å². The van der Waals surface area contributed by atoms with Gasteiger partial charge in [-0.3, -0.25) is 4.68 Å². The van der Waals surface area contributed by atoms with E-state index in [9.17, 15) is 0 Å². The van der Waals surface area contributed by atoms with Crippen molar-refractivity contribution in [2.45, 2.75) is 39.7 Å². The Morgan fingerprint density at radius 1 is 1.43 bits per heavy atom. The molecule has 0 amide bonds. The van der Waals surface area contributed by atoms with Crippen LogP contribution in [0.25, 0.3) is 0 Å². The maximum absolute atomic E-state index is 4.18. The van der Waals surface area contributed by atoms with Crippen LogP contribution in [0.1, 0.15) is 33.1 Å². The molecule has 3 nitrogen and oxygen atoms in total. The van der Waals surface area contributed by atoms with Crippen LogP contribution in [0.4, 0.5) is 0 Å². The number of hydrogen-bond acceptors (Lipinski definition) is 2. The third kappa shape index (κ3) is 1.97. The molecule has 1 heterocycles. The van der Waals surface area contributed by atoms with Gasteiger partial charge in [-0.1, -0.05) is 20.3 Å². The molecule has 0 N–H and O–H groups in total. The van der Waals surface area contributed by atoms with Crippen molar-refractivity contribution in [2.75, 3.05) is 0 Å². The molecule has 2 atom stereocenters. The van der Waals surface area contributed by atoms with E-state index in [1.165, 1.54) is 19.3 Å². The average molecular weight is 193 g/mol. The highest BCUT2D eigenvalue weighted by Crippen LogP contribution is 2.37. The molecule has 0 saturated heterocycles. The molecule has 1 aliphatic rings. The maximum atomic E-state index is 4.18. The van der Waals surface area contributed by atoms with Crippen LogP contribution in [0.15, 0.2) is 12.7 Å². The van der Waals surface area contributed by atoms with Crippen LogP contribution in [-0.2, 0) is 6.54 Å². The zero-order valence-corrected chi connectivity index (χ0v) is 9.06. The highest BCUT2D eigenvalue weighted by molar-refractivity contribution is 4.79. The number of hydrogen-bond donors (Lipinski definition) is 0. The Morgan fingerprint density at radius 3 is 2.93 bits per heavy atom. The lowest BCUT2D eigenvalue weighted by Gasteiger charge is -2.22. The Bertz CT molecular complexity index is 266. The van der Waals surface area contributed by atoms with E-state index in [-0.39, 0.29) is 0 Å². The molecular weight excluding hydrogens is 174 g/mol. The summed E-state index contributed by atoms with van der Waals surface area (Å²) < 4.78 is 1.98. The van der Waals surface area contributed by atoms with Gasteiger partial charge in [0.25, 0.3) is 0 Å². The molecule has 0 spiro atoms. The van der Waals surface area contributed by atoms with Gasteiger partial charge in [-0.2, -0.15) is 5.10 Å². The second-order valence-corrected chi connectivity index (χ2v) is 4.72. The smallest absolute Gasteiger partial charge is 0.137 e. The summed E-state index contributed by atoms with van der Waals surface area (Å²) in [6, 6.07) is 0. The lowest BCUT2D eigenvalue weighted by Crippen LogP contribution is -2.19. The van der Waals surface area contributed by atoms with E-state index in [4.69, 9.17) is 0 Å². The molecule has 0 bridgehead atoms. The fourth-order valence-electron chi connectivity index (χ4n) is 2.74. The van der Waals surface area contributed by atoms with Crippen molar-refractivity contribution >= 4 is 0 Å². The number of nitrogens with zero attached hydrogens (tertiary/aromatic N) is 3. The summed E-state index contributed by atoms with van der Waals surface area (Å²) in [5, 5.41) is 4.18. The zero-order valence-electron chi connectivity index (χ0n) is 9.06. The van der Waals surface area contributed by atoms with Gasteiger partial charge in [0.1, 0.15) is 12.7 Å². The third-order valence-corrected chi connectivity index (χ3v) is 3.46. The van der Waals surface area contributed by atoms with Crippen molar-refractivity contribution in [3.63, 3.8) is 0 Å². The van der Waals surface area contributed by atoms with Gasteiger partial charge in [0.15, 0.2) is 0 Å². The van der Waals surface area contributed by atoms with Gasteiger partial charge >= 0.3 is 0 Å². The molecule has 2 rings (SSSR count). The van der Waals surface area contributed by atoms with Crippen LogP contribution in [-0.4, -0.2) is 14.8 Å². The molecule has 1 fully saturated rings. The van der Waals surface area contributed by atoms with E-state index < -0.39 is 0 Å². The lowest BCUT2D eigenvalue weighted by molar-refractivity contribution is 0.260. The molecule has 78 valence electrons. The van der Waals surface area contributed by atoms with Crippen molar-refractivity contribution in [1.29, 1.82) is 0 Å². The van der Waals surface area contributed by atoms with Gasteiger partial charge in [0, 0.05) is 6.54 Å². The van der Waals surface area contributed by atoms with Crippen LogP contribution >= 0.6 is 0 Å². The standard InChI is InChI=1S/C11H19N3/c1-9(2)11-5-3-4-10(11)6-14-8-12-7-13-14/h7-11H,3-6H2,1-2H3/t10-,11-/m1/s1. The molecule has 1 saturated carbocycles. The molecule has 0 aliphatic heterocycles. The highest BCUT2D eigenvalue weighted by Gasteiger charge is 2.29. The Morgan fingerprint density at radius 2 is 2.29 bits per heavy atom. The van der Waals surface area contributed by atoms with E-state index >= 15 is 0 Å². The largest absolute Gasteiger partial charge is 0.253 e. The molecule has 0 aromatic carbocycles. The predicted octanol–water partition coefficient (Wildman–Crippen LogP) is 2.35. The Labute approximate surface area is 85.5 Å². The van der Waals surface area contributed by atoms with E-state index in [0.717, 1.165) is 24.3 Å². The Hall–Kier alpha value is -0.860. The molecule has 1 aromatic heterocycles. The van der Waals surface area contributed by atoms with Gasteiger partial charge in [-0.25, -0.2) is 4.98 Å². The van der Waals surface area contributed by atoms with Crippen molar-refractivity contribution in [2.24, 2.45) is 17.8 Å². The first kappa shape index (κ1) is 9.69. The Balaban J connectivity index is 1.97. The van der Waals surface area contributed by atoms with E-state index in [1.807, 2.05) is 11.0 Å². The summed E-state index contributed by atoms with van der Waals surface area (Å²) >= 11 is 0. The first-order chi connectivity index (χ1) is 6.77. The monoisotopic (exact) mass is 193 g/mol. The van der Waals surface area contributed by atoms with E-state index in [2.05, 4.69) is 23.9 Å². The topological polar surface area (TPSA) is 30.7 Å². The fourth-order valence-corrected chi connectivity index (χ4v) is 2.74. The third-order valence-electron chi connectivity index (χ3n) is 3.46. The summed E-state index contributed by atoms with van der Waals surface area (Å²) in [7, 11) is 0. The molecule has 0 radical (unpaired) electrons. The van der Waals surface area contributed by atoms with Gasteiger partial charge in [-0.05, 0) is 30.6 Å². The van der Waals surface area contributed by atoms with Gasteiger partial charge in [0.2, 0.25) is 0 Å². The molecule has 3 heteroatoms. The molecule has 14 heavy (non-hydrogen) atoms. The summed E-state index contributed by atoms with van der Waals surface area (Å²) in [4.78, 5) is 3.99. The number of rotatable bonds is 3. The van der Waals surface area contributed by atoms with Gasteiger partial charge in [0.05, 0.1) is 0 Å². The van der Waals surface area contributed by atoms with Gasteiger partial charge < -0.3 is 0 Å². The van der Waals surface area contributed by atoms with Crippen LogP contribution in [0.2, 0.25) is 0 Å². The van der Waals surface area contributed by atoms with Crippen molar-refractivity contribution in [3.05, 3.63) is 12.7 Å². The quantitative estimate of drug-likeness (QED) is 0.737. The highest BCUT2D eigenvalue weighted by atomic mass is 15.3. The molecule has 0 unspecified atom stereocenters. The Kier molecular flexibility index (Phi) is 2.85. The van der Waals surface area contributed by atoms with Crippen molar-refractivity contribution < 1.29 is 0 Å². The number of aromatic nitrogens is 3. The second kappa shape index (κ2) is 4.11. The van der Waals surface area contributed by atoms with Crippen LogP contribution in [0.3, 0.4) is 0 Å². The minimum atomic E-state index is 0.811. The first-order valence-electron chi connectivity index (χ1n) is 5.60. The molecule has 1 aliphatic carbocycles. The zero-order chi connectivity index (χ0) is 9.97. The van der Waals surface area contributed by atoms with E-state index in [1.54, 1.807) is 6.33 Å². The van der Waals surface area contributed by atoms with Crippen molar-refractivity contribution in [1.82, 2.24) is 14.8 Å². The summed E-state index contributed by atoms with van der Waals surface area (Å²) in [6.07, 6.45) is 7.61. The molecule has 1 aromatic rings. The normalized spacial score (nSPS) is 27.4. The van der Waals surface area contributed by atoms with Crippen LogP contribution in [0.5, 0.6) is 0 Å². The second-order valence-electron chi connectivity index (χ2n) is 4.72.